The van der Waals surface area contributed by atoms with Gasteiger partial charge in [-0.25, -0.2) is 0 Å². The Morgan fingerprint density at radius 3 is 2.41 bits per heavy atom. The van der Waals surface area contributed by atoms with Gasteiger partial charge in [0.25, 0.3) is 0 Å². The Morgan fingerprint density at radius 1 is 1.47 bits per heavy atom. The van der Waals surface area contributed by atoms with Gasteiger partial charge in [-0.2, -0.15) is 5.10 Å². The molecule has 1 aromatic heterocycles. The number of carbonyl (C=O) groups excluding carboxylic acids is 1. The van der Waals surface area contributed by atoms with Crippen LogP contribution in [0.4, 0.5) is 0 Å². The lowest BCUT2D eigenvalue weighted by Crippen LogP contribution is -2.48. The Kier molecular flexibility index (Phi) is 2.38. The van der Waals surface area contributed by atoms with Crippen LogP contribution in [-0.2, 0) is 20.5 Å². The second kappa shape index (κ2) is 3.42. The number of hydrogen-bond donors (Lipinski definition) is 1. The molecule has 0 unspecified atom stereocenters. The van der Waals surface area contributed by atoms with Crippen molar-refractivity contribution in [2.75, 3.05) is 0 Å². The molecule has 0 aromatic carbocycles. The molecule has 0 bridgehead atoms. The predicted molar refractivity (Wildman–Crippen MR) is 60.8 cm³/mol. The van der Waals surface area contributed by atoms with Crippen LogP contribution >= 0.6 is 0 Å². The van der Waals surface area contributed by atoms with E-state index >= 15 is 0 Å². The summed E-state index contributed by atoms with van der Waals surface area (Å²) in [6.07, 6.45) is 3.46. The minimum absolute atomic E-state index is 0.00379. The molecule has 2 rings (SSSR count). The zero-order valence-electron chi connectivity index (χ0n) is 10.2. The smallest absolute Gasteiger partial charge is 0.315 e. The maximum Gasteiger partial charge on any atom is 0.315 e. The molecule has 5 heteroatoms. The van der Waals surface area contributed by atoms with Gasteiger partial charge in [0.1, 0.15) is 11.2 Å². The maximum atomic E-state index is 11.3. The lowest BCUT2D eigenvalue weighted by molar-refractivity contribution is -0.153. The predicted octanol–water partition coefficient (Wildman–Crippen LogP) is 1.32. The molecule has 0 atom stereocenters. The van der Waals surface area contributed by atoms with Crippen molar-refractivity contribution in [2.45, 2.75) is 44.6 Å². The normalized spacial score (nSPS) is 18.9. The molecule has 0 aliphatic heterocycles. The van der Waals surface area contributed by atoms with Crippen molar-refractivity contribution < 1.29 is 14.7 Å². The van der Waals surface area contributed by atoms with Gasteiger partial charge >= 0.3 is 5.97 Å². The van der Waals surface area contributed by atoms with Crippen molar-refractivity contribution in [3.8, 4) is 0 Å². The van der Waals surface area contributed by atoms with E-state index in [1.54, 1.807) is 17.1 Å². The van der Waals surface area contributed by atoms with Crippen LogP contribution in [0.1, 0.15) is 39.2 Å². The van der Waals surface area contributed by atoms with Gasteiger partial charge in [-0.1, -0.05) is 0 Å². The van der Waals surface area contributed by atoms with E-state index in [9.17, 15) is 14.7 Å². The summed E-state index contributed by atoms with van der Waals surface area (Å²) in [5.74, 6) is -0.943. The van der Waals surface area contributed by atoms with Crippen LogP contribution < -0.4 is 0 Å². The van der Waals surface area contributed by atoms with E-state index in [4.69, 9.17) is 0 Å². The van der Waals surface area contributed by atoms with E-state index in [1.165, 1.54) is 0 Å². The summed E-state index contributed by atoms with van der Waals surface area (Å²) < 4.78 is 1.73. The van der Waals surface area contributed by atoms with E-state index in [1.807, 2.05) is 20.8 Å². The van der Waals surface area contributed by atoms with Crippen LogP contribution in [0.3, 0.4) is 0 Å². The Balaban J connectivity index is 2.37. The summed E-state index contributed by atoms with van der Waals surface area (Å²) in [5.41, 5.74) is -0.605. The molecular formula is C12H16N2O3. The van der Waals surface area contributed by atoms with Crippen LogP contribution in [0.2, 0.25) is 0 Å². The molecule has 1 aliphatic carbocycles. The fourth-order valence-corrected chi connectivity index (χ4v) is 2.04. The van der Waals surface area contributed by atoms with Gasteiger partial charge in [-0.15, -0.1) is 0 Å². The number of aromatic nitrogens is 2. The second-order valence-electron chi connectivity index (χ2n) is 5.62. The van der Waals surface area contributed by atoms with Gasteiger partial charge in [0, 0.05) is 24.6 Å². The summed E-state index contributed by atoms with van der Waals surface area (Å²) in [4.78, 5) is 22.4. The number of nitrogens with zero attached hydrogens (tertiary/aromatic N) is 2. The summed E-state index contributed by atoms with van der Waals surface area (Å²) in [5, 5.41) is 13.5. The highest BCUT2D eigenvalue weighted by Gasteiger charge is 2.52. The zero-order chi connectivity index (χ0) is 12.8. The van der Waals surface area contributed by atoms with Crippen LogP contribution in [-0.4, -0.2) is 26.6 Å². The van der Waals surface area contributed by atoms with Gasteiger partial charge in [0.05, 0.1) is 11.7 Å². The number of aliphatic carboxylic acids is 1. The average Bonchev–Trinajstić information content (AvgIpc) is 2.59. The van der Waals surface area contributed by atoms with E-state index in [2.05, 4.69) is 5.10 Å². The van der Waals surface area contributed by atoms with Crippen molar-refractivity contribution in [3.63, 3.8) is 0 Å². The molecular weight excluding hydrogens is 220 g/mol. The molecule has 5 nitrogen and oxygen atoms in total. The third-order valence-electron chi connectivity index (χ3n) is 3.23. The van der Waals surface area contributed by atoms with Crippen molar-refractivity contribution >= 4 is 11.8 Å². The van der Waals surface area contributed by atoms with Crippen molar-refractivity contribution in [2.24, 2.45) is 0 Å². The first-order valence-electron chi connectivity index (χ1n) is 5.56. The summed E-state index contributed by atoms with van der Waals surface area (Å²) in [7, 11) is 0. The number of Topliss-reactive ketones (excluding diaryl/α,β-unsaturated/α-hetero) is 1. The van der Waals surface area contributed by atoms with Crippen molar-refractivity contribution in [3.05, 3.63) is 18.0 Å². The molecule has 1 heterocycles. The number of carboxylic acids is 1. The number of ketones is 1. The van der Waals surface area contributed by atoms with Gasteiger partial charge < -0.3 is 5.11 Å². The first-order chi connectivity index (χ1) is 7.75. The highest BCUT2D eigenvalue weighted by molar-refractivity contribution is 6.01. The Hall–Kier alpha value is -1.65. The topological polar surface area (TPSA) is 72.2 Å². The van der Waals surface area contributed by atoms with Crippen LogP contribution in [0.15, 0.2) is 12.4 Å². The fraction of sp³-hybridized carbons (Fsp3) is 0.583. The maximum absolute atomic E-state index is 11.3. The van der Waals surface area contributed by atoms with Gasteiger partial charge in [-0.05, 0) is 20.8 Å². The molecule has 1 aromatic rings. The average molecular weight is 236 g/mol. The van der Waals surface area contributed by atoms with Gasteiger partial charge in [0.15, 0.2) is 0 Å². The molecule has 0 amide bonds. The van der Waals surface area contributed by atoms with E-state index in [0.717, 1.165) is 0 Å². The van der Waals surface area contributed by atoms with Crippen LogP contribution in [0.5, 0.6) is 0 Å². The minimum atomic E-state index is -1.04. The van der Waals surface area contributed by atoms with Gasteiger partial charge in [-0.3, -0.25) is 14.3 Å². The van der Waals surface area contributed by atoms with Gasteiger partial charge in [0.2, 0.25) is 0 Å². The first-order valence-corrected chi connectivity index (χ1v) is 5.56. The Bertz CT molecular complexity index is 474. The van der Waals surface area contributed by atoms with Crippen molar-refractivity contribution in [1.29, 1.82) is 0 Å². The number of carbonyl (C=O) groups is 2. The molecule has 1 N–H and O–H groups in total. The highest BCUT2D eigenvalue weighted by atomic mass is 16.4. The molecule has 1 fully saturated rings. The Labute approximate surface area is 99.4 Å². The standard InChI is InChI=1S/C12H16N2O3/c1-11(2,3)14-7-8(6-13-14)12(10(16)17)4-9(15)5-12/h6-7H,4-5H2,1-3H3,(H,16,17). The fourth-order valence-electron chi connectivity index (χ4n) is 2.04. The quantitative estimate of drug-likeness (QED) is 0.840. The number of hydrogen-bond acceptors (Lipinski definition) is 3. The molecule has 0 radical (unpaired) electrons. The SMILES string of the molecule is CC(C)(C)n1cc(C2(C(=O)O)CC(=O)C2)cn1. The molecule has 0 spiro atoms. The lowest BCUT2D eigenvalue weighted by Gasteiger charge is -2.35. The van der Waals surface area contributed by atoms with E-state index in [0.29, 0.717) is 5.56 Å². The van der Waals surface area contributed by atoms with E-state index in [-0.39, 0.29) is 24.2 Å². The monoisotopic (exact) mass is 236 g/mol. The molecule has 0 saturated heterocycles. The summed E-state index contributed by atoms with van der Waals surface area (Å²) >= 11 is 0. The third kappa shape index (κ3) is 1.75. The zero-order valence-corrected chi connectivity index (χ0v) is 10.2. The first kappa shape index (κ1) is 11.8. The molecule has 1 aliphatic rings. The molecule has 17 heavy (non-hydrogen) atoms. The molecule has 1 saturated carbocycles. The van der Waals surface area contributed by atoms with Crippen LogP contribution in [0, 0.1) is 0 Å². The van der Waals surface area contributed by atoms with E-state index < -0.39 is 11.4 Å². The molecule has 92 valence electrons. The largest absolute Gasteiger partial charge is 0.481 e. The highest BCUT2D eigenvalue weighted by Crippen LogP contribution is 2.41. The van der Waals surface area contributed by atoms with Crippen LogP contribution in [0.25, 0.3) is 0 Å². The van der Waals surface area contributed by atoms with Crippen molar-refractivity contribution in [1.82, 2.24) is 9.78 Å². The summed E-state index contributed by atoms with van der Waals surface area (Å²) in [6, 6.07) is 0. The minimum Gasteiger partial charge on any atom is -0.481 e. The lowest BCUT2D eigenvalue weighted by atomic mass is 9.64. The summed E-state index contributed by atoms with van der Waals surface area (Å²) in [6.45, 7) is 5.97. The Morgan fingerprint density at radius 2 is 2.06 bits per heavy atom. The number of carboxylic acid groups (broad SMARTS) is 1. The second-order valence-corrected chi connectivity index (χ2v) is 5.62. The third-order valence-corrected chi connectivity index (χ3v) is 3.23. The number of rotatable bonds is 2.